The van der Waals surface area contributed by atoms with Crippen molar-refractivity contribution in [3.05, 3.63) is 0 Å². The van der Waals surface area contributed by atoms with Gasteiger partial charge in [0.15, 0.2) is 0 Å². The SMILES string of the molecule is CC(C)(C)OC(=O)C#CC(CCC=O)CCCCl. The van der Waals surface area contributed by atoms with Gasteiger partial charge in [-0.05, 0) is 40.0 Å². The molecule has 0 amide bonds. The molecule has 0 aliphatic heterocycles. The van der Waals surface area contributed by atoms with E-state index in [2.05, 4.69) is 11.8 Å². The molecule has 1 unspecified atom stereocenters. The Morgan fingerprint density at radius 1 is 1.39 bits per heavy atom. The average molecular weight is 273 g/mol. The van der Waals surface area contributed by atoms with Gasteiger partial charge >= 0.3 is 5.97 Å². The molecule has 0 saturated heterocycles. The lowest BCUT2D eigenvalue weighted by Crippen LogP contribution is -2.22. The van der Waals surface area contributed by atoms with Crippen LogP contribution in [0.15, 0.2) is 0 Å². The lowest BCUT2D eigenvalue weighted by molar-refractivity contribution is -0.147. The van der Waals surface area contributed by atoms with Crippen LogP contribution < -0.4 is 0 Å². The molecule has 0 saturated carbocycles. The van der Waals surface area contributed by atoms with Crippen LogP contribution in [0.5, 0.6) is 0 Å². The molecule has 0 aromatic rings. The molecule has 0 radical (unpaired) electrons. The number of alkyl halides is 1. The van der Waals surface area contributed by atoms with Crippen molar-refractivity contribution in [3.8, 4) is 11.8 Å². The Hall–Kier alpha value is -1.01. The number of ether oxygens (including phenoxy) is 1. The highest BCUT2D eigenvalue weighted by Gasteiger charge is 2.14. The van der Waals surface area contributed by atoms with Crippen LogP contribution in [-0.4, -0.2) is 23.7 Å². The number of carbonyl (C=O) groups excluding carboxylic acids is 2. The summed E-state index contributed by atoms with van der Waals surface area (Å²) >= 11 is 5.62. The van der Waals surface area contributed by atoms with E-state index in [1.54, 1.807) is 20.8 Å². The van der Waals surface area contributed by atoms with Crippen molar-refractivity contribution in [2.45, 2.75) is 52.1 Å². The van der Waals surface area contributed by atoms with E-state index in [0.717, 1.165) is 19.1 Å². The average Bonchev–Trinajstić information content (AvgIpc) is 2.25. The molecule has 4 heteroatoms. The first-order valence-electron chi connectivity index (χ1n) is 6.13. The van der Waals surface area contributed by atoms with Gasteiger partial charge in [-0.2, -0.15) is 0 Å². The van der Waals surface area contributed by atoms with Crippen LogP contribution in [-0.2, 0) is 14.3 Å². The van der Waals surface area contributed by atoms with E-state index in [1.807, 2.05) is 0 Å². The molecule has 0 aliphatic rings. The third kappa shape index (κ3) is 10.2. The van der Waals surface area contributed by atoms with E-state index in [1.165, 1.54) is 0 Å². The molecule has 18 heavy (non-hydrogen) atoms. The lowest BCUT2D eigenvalue weighted by Gasteiger charge is -2.17. The van der Waals surface area contributed by atoms with Crippen molar-refractivity contribution in [2.75, 3.05) is 5.88 Å². The van der Waals surface area contributed by atoms with E-state index in [9.17, 15) is 9.59 Å². The largest absolute Gasteiger partial charge is 0.450 e. The number of hydrogen-bond donors (Lipinski definition) is 0. The van der Waals surface area contributed by atoms with Crippen LogP contribution in [0, 0.1) is 17.8 Å². The van der Waals surface area contributed by atoms with Crippen molar-refractivity contribution in [1.82, 2.24) is 0 Å². The van der Waals surface area contributed by atoms with E-state index in [4.69, 9.17) is 16.3 Å². The lowest BCUT2D eigenvalue weighted by atomic mass is 9.99. The minimum absolute atomic E-state index is 0.0291. The fourth-order valence-corrected chi connectivity index (χ4v) is 1.50. The second-order valence-electron chi connectivity index (χ2n) is 5.04. The number of halogens is 1. The minimum Gasteiger partial charge on any atom is -0.450 e. The molecule has 0 bridgehead atoms. The summed E-state index contributed by atoms with van der Waals surface area (Å²) in [5, 5.41) is 0. The van der Waals surface area contributed by atoms with Crippen LogP contribution in [0.3, 0.4) is 0 Å². The standard InChI is InChI=1S/C14H21ClO3/c1-14(2,3)18-13(17)9-8-12(6-4-10-15)7-5-11-16/h11-12H,4-7,10H2,1-3H3. The van der Waals surface area contributed by atoms with Gasteiger partial charge in [-0.1, -0.05) is 5.92 Å². The molecule has 0 N–H and O–H groups in total. The van der Waals surface area contributed by atoms with E-state index >= 15 is 0 Å². The van der Waals surface area contributed by atoms with Gasteiger partial charge in [0.05, 0.1) is 0 Å². The number of hydrogen-bond acceptors (Lipinski definition) is 3. The monoisotopic (exact) mass is 272 g/mol. The van der Waals surface area contributed by atoms with Crippen LogP contribution in [0.4, 0.5) is 0 Å². The van der Waals surface area contributed by atoms with Crippen LogP contribution in [0.25, 0.3) is 0 Å². The summed E-state index contributed by atoms with van der Waals surface area (Å²) < 4.78 is 5.09. The first-order chi connectivity index (χ1) is 8.39. The maximum absolute atomic E-state index is 11.4. The quantitative estimate of drug-likeness (QED) is 0.245. The van der Waals surface area contributed by atoms with Gasteiger partial charge in [0.25, 0.3) is 0 Å². The van der Waals surface area contributed by atoms with Crippen molar-refractivity contribution in [1.29, 1.82) is 0 Å². The first-order valence-corrected chi connectivity index (χ1v) is 6.66. The Kier molecular flexibility index (Phi) is 8.49. The maximum Gasteiger partial charge on any atom is 0.384 e. The van der Waals surface area contributed by atoms with Gasteiger partial charge in [-0.3, -0.25) is 0 Å². The summed E-state index contributed by atoms with van der Waals surface area (Å²) in [5.41, 5.74) is -0.528. The number of aldehydes is 1. The number of esters is 1. The summed E-state index contributed by atoms with van der Waals surface area (Å²) in [6.07, 6.45) is 3.61. The second kappa shape index (κ2) is 8.99. The second-order valence-corrected chi connectivity index (χ2v) is 5.42. The van der Waals surface area contributed by atoms with E-state index in [0.29, 0.717) is 18.7 Å². The predicted octanol–water partition coefficient (Wildman–Crippen LogP) is 2.95. The summed E-state index contributed by atoms with van der Waals surface area (Å²) in [4.78, 5) is 21.8. The van der Waals surface area contributed by atoms with Crippen LogP contribution in [0.2, 0.25) is 0 Å². The fraction of sp³-hybridized carbons (Fsp3) is 0.714. The number of rotatable bonds is 6. The first kappa shape index (κ1) is 17.0. The Balaban J connectivity index is 4.36. The zero-order valence-electron chi connectivity index (χ0n) is 11.3. The zero-order chi connectivity index (χ0) is 14.0. The molecule has 102 valence electrons. The molecular weight excluding hydrogens is 252 g/mol. The van der Waals surface area contributed by atoms with Gasteiger partial charge in [0.1, 0.15) is 11.9 Å². The van der Waals surface area contributed by atoms with E-state index < -0.39 is 11.6 Å². The molecule has 0 heterocycles. The van der Waals surface area contributed by atoms with Gasteiger partial charge in [0.2, 0.25) is 0 Å². The summed E-state index contributed by atoms with van der Waals surface area (Å²) in [7, 11) is 0. The number of carbonyl (C=O) groups is 2. The normalized spacial score (nSPS) is 12.2. The maximum atomic E-state index is 11.4. The predicted molar refractivity (Wildman–Crippen MR) is 72.4 cm³/mol. The fourth-order valence-electron chi connectivity index (χ4n) is 1.35. The Morgan fingerprint density at radius 3 is 2.56 bits per heavy atom. The molecular formula is C14H21ClO3. The topological polar surface area (TPSA) is 43.4 Å². The van der Waals surface area contributed by atoms with Gasteiger partial charge in [0, 0.05) is 24.1 Å². The Morgan fingerprint density at radius 2 is 2.06 bits per heavy atom. The van der Waals surface area contributed by atoms with E-state index in [-0.39, 0.29) is 5.92 Å². The highest BCUT2D eigenvalue weighted by atomic mass is 35.5. The van der Waals surface area contributed by atoms with Gasteiger partial charge in [-0.25, -0.2) is 4.79 Å². The highest BCUT2D eigenvalue weighted by Crippen LogP contribution is 2.13. The van der Waals surface area contributed by atoms with Crippen molar-refractivity contribution in [2.24, 2.45) is 5.92 Å². The molecule has 0 aliphatic carbocycles. The summed E-state index contributed by atoms with van der Waals surface area (Å²) in [6, 6.07) is 0. The van der Waals surface area contributed by atoms with Crippen molar-refractivity contribution >= 4 is 23.9 Å². The highest BCUT2D eigenvalue weighted by molar-refractivity contribution is 6.17. The molecule has 0 spiro atoms. The molecule has 1 atom stereocenters. The zero-order valence-corrected chi connectivity index (χ0v) is 12.0. The summed E-state index contributed by atoms with van der Waals surface area (Å²) in [5.74, 6) is 5.42. The molecule has 0 fully saturated rings. The van der Waals surface area contributed by atoms with Crippen LogP contribution in [0.1, 0.15) is 46.5 Å². The third-order valence-corrected chi connectivity index (χ3v) is 2.36. The Labute approximate surface area is 114 Å². The Bertz CT molecular complexity index is 320. The van der Waals surface area contributed by atoms with Crippen molar-refractivity contribution in [3.63, 3.8) is 0 Å². The molecule has 0 rings (SSSR count). The minimum atomic E-state index is -0.528. The smallest absolute Gasteiger partial charge is 0.384 e. The molecule has 0 aromatic heterocycles. The third-order valence-electron chi connectivity index (χ3n) is 2.10. The van der Waals surface area contributed by atoms with Gasteiger partial charge < -0.3 is 9.53 Å². The molecule has 3 nitrogen and oxygen atoms in total. The summed E-state index contributed by atoms with van der Waals surface area (Å²) in [6.45, 7) is 5.39. The van der Waals surface area contributed by atoms with Crippen LogP contribution >= 0.6 is 11.6 Å². The molecule has 0 aromatic carbocycles. The van der Waals surface area contributed by atoms with Crippen molar-refractivity contribution < 1.29 is 14.3 Å². The van der Waals surface area contributed by atoms with Gasteiger partial charge in [-0.15, -0.1) is 11.6 Å².